The third kappa shape index (κ3) is 7.15. The Morgan fingerprint density at radius 1 is 0.744 bits per heavy atom. The van der Waals surface area contributed by atoms with E-state index in [1.165, 1.54) is 6.20 Å². The van der Waals surface area contributed by atoms with Crippen molar-refractivity contribution in [3.63, 3.8) is 0 Å². The zero-order chi connectivity index (χ0) is 26.9. The minimum Gasteiger partial charge on any atom is -0.457 e. The van der Waals surface area contributed by atoms with Gasteiger partial charge >= 0.3 is 0 Å². The molecule has 0 spiro atoms. The first-order valence-corrected chi connectivity index (χ1v) is 12.8. The van der Waals surface area contributed by atoms with Gasteiger partial charge in [0, 0.05) is 18.0 Å². The van der Waals surface area contributed by atoms with Gasteiger partial charge in [-0.05, 0) is 47.5 Å². The van der Waals surface area contributed by atoms with E-state index in [2.05, 4.69) is 10.3 Å². The van der Waals surface area contributed by atoms with Crippen molar-refractivity contribution in [3.05, 3.63) is 138 Å². The molecule has 1 aromatic heterocycles. The molecule has 194 valence electrons. The van der Waals surface area contributed by atoms with Crippen molar-refractivity contribution >= 4 is 22.6 Å². The number of benzene rings is 4. The Bertz CT molecular complexity index is 1540. The number of Topliss-reactive ketones (excluding diaryl/α,β-unsaturated/α-hetero) is 1. The van der Waals surface area contributed by atoms with Gasteiger partial charge in [-0.15, -0.1) is 0 Å². The van der Waals surface area contributed by atoms with Crippen LogP contribution in [0.3, 0.4) is 0 Å². The van der Waals surface area contributed by atoms with E-state index < -0.39 is 6.04 Å². The van der Waals surface area contributed by atoms with Crippen molar-refractivity contribution in [2.45, 2.75) is 19.1 Å². The molecule has 4 aromatic carbocycles. The molecule has 0 radical (unpaired) electrons. The number of nitrogens with one attached hydrogen (secondary N) is 1. The van der Waals surface area contributed by atoms with Crippen molar-refractivity contribution in [2.75, 3.05) is 6.61 Å². The maximum absolute atomic E-state index is 13.4. The van der Waals surface area contributed by atoms with Crippen molar-refractivity contribution < 1.29 is 19.1 Å². The fourth-order valence-corrected chi connectivity index (χ4v) is 4.15. The topological polar surface area (TPSA) is 77.5 Å². The molecular formula is C33H28N2O4. The van der Waals surface area contributed by atoms with Crippen LogP contribution >= 0.6 is 0 Å². The van der Waals surface area contributed by atoms with Crippen LogP contribution in [0.2, 0.25) is 0 Å². The molecule has 6 nitrogen and oxygen atoms in total. The molecule has 0 saturated carbocycles. The normalized spacial score (nSPS) is 11.6. The number of ketones is 1. The summed E-state index contributed by atoms with van der Waals surface area (Å²) >= 11 is 0. The molecule has 5 rings (SSSR count). The van der Waals surface area contributed by atoms with E-state index >= 15 is 0 Å². The van der Waals surface area contributed by atoms with Crippen molar-refractivity contribution in [3.8, 4) is 11.5 Å². The number of hydrogen-bond donors (Lipinski definition) is 1. The highest BCUT2D eigenvalue weighted by Crippen LogP contribution is 2.21. The molecule has 1 amide bonds. The number of nitrogens with zero attached hydrogens (tertiary/aromatic N) is 1. The van der Waals surface area contributed by atoms with Gasteiger partial charge in [-0.3, -0.25) is 14.6 Å². The molecule has 1 N–H and O–H groups in total. The van der Waals surface area contributed by atoms with E-state index in [-0.39, 0.29) is 24.7 Å². The largest absolute Gasteiger partial charge is 0.457 e. The minimum atomic E-state index is -0.826. The molecule has 1 unspecified atom stereocenters. The third-order valence-electron chi connectivity index (χ3n) is 6.22. The predicted octanol–water partition coefficient (Wildman–Crippen LogP) is 6.15. The molecule has 0 bridgehead atoms. The number of carbonyl (C=O) groups excluding carboxylic acids is 2. The molecule has 0 aliphatic carbocycles. The van der Waals surface area contributed by atoms with Gasteiger partial charge in [0.15, 0.2) is 5.78 Å². The van der Waals surface area contributed by atoms with Crippen LogP contribution in [0.4, 0.5) is 0 Å². The number of hydrogen-bond acceptors (Lipinski definition) is 5. The van der Waals surface area contributed by atoms with Gasteiger partial charge < -0.3 is 14.8 Å². The number of rotatable bonds is 11. The number of fused-ring (bicyclic) bond motifs is 1. The molecule has 0 fully saturated rings. The maximum Gasteiger partial charge on any atom is 0.253 e. The van der Waals surface area contributed by atoms with Crippen LogP contribution in [-0.4, -0.2) is 29.3 Å². The summed E-state index contributed by atoms with van der Waals surface area (Å²) in [6, 6.07) is 35.1. The van der Waals surface area contributed by atoms with Gasteiger partial charge in [-0.2, -0.15) is 0 Å². The lowest BCUT2D eigenvalue weighted by Gasteiger charge is -2.18. The van der Waals surface area contributed by atoms with Gasteiger partial charge in [0.1, 0.15) is 17.5 Å². The Morgan fingerprint density at radius 2 is 1.41 bits per heavy atom. The lowest BCUT2D eigenvalue weighted by molar-refractivity contribution is -0.121. The van der Waals surface area contributed by atoms with Crippen LogP contribution in [0, 0.1) is 0 Å². The number of carbonyl (C=O) groups is 2. The highest BCUT2D eigenvalue weighted by Gasteiger charge is 2.22. The van der Waals surface area contributed by atoms with E-state index in [0.717, 1.165) is 27.8 Å². The Morgan fingerprint density at radius 3 is 2.18 bits per heavy atom. The SMILES string of the molecule is O=C(NC(COCc1ccccc1)C(=O)Cc1ccc(Oc2ccccc2)cc1)c1cnc2ccccc2c1. The van der Waals surface area contributed by atoms with E-state index in [4.69, 9.17) is 9.47 Å². The zero-order valence-electron chi connectivity index (χ0n) is 21.3. The number of aromatic nitrogens is 1. The highest BCUT2D eigenvalue weighted by molar-refractivity contribution is 6.00. The van der Waals surface area contributed by atoms with Crippen LogP contribution in [0.15, 0.2) is 121 Å². The number of pyridine rings is 1. The summed E-state index contributed by atoms with van der Waals surface area (Å²) in [4.78, 5) is 30.9. The van der Waals surface area contributed by atoms with Crippen molar-refractivity contribution in [1.29, 1.82) is 0 Å². The molecule has 1 atom stereocenters. The van der Waals surface area contributed by atoms with Gasteiger partial charge in [0.05, 0.1) is 24.3 Å². The second-order valence-corrected chi connectivity index (χ2v) is 9.15. The molecule has 5 aromatic rings. The second-order valence-electron chi connectivity index (χ2n) is 9.15. The first-order chi connectivity index (χ1) is 19.1. The Labute approximate surface area is 227 Å². The second kappa shape index (κ2) is 12.6. The first-order valence-electron chi connectivity index (χ1n) is 12.8. The predicted molar refractivity (Wildman–Crippen MR) is 151 cm³/mol. The van der Waals surface area contributed by atoms with E-state index in [1.807, 2.05) is 109 Å². The molecule has 0 aliphatic heterocycles. The third-order valence-corrected chi connectivity index (χ3v) is 6.22. The van der Waals surface area contributed by atoms with Crippen LogP contribution in [0.1, 0.15) is 21.5 Å². The summed E-state index contributed by atoms with van der Waals surface area (Å²) in [7, 11) is 0. The molecule has 6 heteroatoms. The Kier molecular flexibility index (Phi) is 8.36. The van der Waals surface area contributed by atoms with Crippen molar-refractivity contribution in [2.24, 2.45) is 0 Å². The summed E-state index contributed by atoms with van der Waals surface area (Å²) in [5, 5.41) is 3.72. The van der Waals surface area contributed by atoms with Crippen LogP contribution in [0.25, 0.3) is 10.9 Å². The summed E-state index contributed by atoms with van der Waals surface area (Å²) in [5.74, 6) is 0.892. The van der Waals surface area contributed by atoms with Gasteiger partial charge in [0.2, 0.25) is 0 Å². The van der Waals surface area contributed by atoms with Crippen LogP contribution < -0.4 is 10.1 Å². The molecular weight excluding hydrogens is 488 g/mol. The summed E-state index contributed by atoms with van der Waals surface area (Å²) in [5.41, 5.74) is 2.99. The van der Waals surface area contributed by atoms with Gasteiger partial charge in [-0.1, -0.05) is 78.9 Å². The minimum absolute atomic E-state index is 0.0513. The average molecular weight is 517 g/mol. The van der Waals surface area contributed by atoms with E-state index in [9.17, 15) is 9.59 Å². The average Bonchev–Trinajstić information content (AvgIpc) is 2.98. The Balaban J connectivity index is 1.27. The molecule has 0 saturated heterocycles. The summed E-state index contributed by atoms with van der Waals surface area (Å²) in [6.45, 7) is 0.388. The molecule has 0 aliphatic rings. The molecule has 1 heterocycles. The quantitative estimate of drug-likeness (QED) is 0.228. The number of para-hydroxylation sites is 2. The number of ether oxygens (including phenoxy) is 2. The first kappa shape index (κ1) is 25.8. The van der Waals surface area contributed by atoms with E-state index in [1.54, 1.807) is 6.07 Å². The summed E-state index contributed by atoms with van der Waals surface area (Å²) in [6.07, 6.45) is 1.66. The lowest BCUT2D eigenvalue weighted by Crippen LogP contribution is -2.44. The van der Waals surface area contributed by atoms with Gasteiger partial charge in [0.25, 0.3) is 5.91 Å². The van der Waals surface area contributed by atoms with Crippen LogP contribution in [0.5, 0.6) is 11.5 Å². The van der Waals surface area contributed by atoms with Crippen molar-refractivity contribution in [1.82, 2.24) is 10.3 Å². The highest BCUT2D eigenvalue weighted by atomic mass is 16.5. The van der Waals surface area contributed by atoms with E-state index in [0.29, 0.717) is 17.9 Å². The summed E-state index contributed by atoms with van der Waals surface area (Å²) < 4.78 is 11.7. The fraction of sp³-hybridized carbons (Fsp3) is 0.121. The zero-order valence-corrected chi connectivity index (χ0v) is 21.3. The molecule has 39 heavy (non-hydrogen) atoms. The van der Waals surface area contributed by atoms with Crippen LogP contribution in [-0.2, 0) is 22.6 Å². The monoisotopic (exact) mass is 516 g/mol. The smallest absolute Gasteiger partial charge is 0.253 e. The fourth-order valence-electron chi connectivity index (χ4n) is 4.15. The standard InChI is InChI=1S/C33H28N2O4/c36-32(19-24-15-17-29(18-16-24)39-28-12-5-2-6-13-28)31(23-38-22-25-9-3-1-4-10-25)35-33(37)27-20-26-11-7-8-14-30(26)34-21-27/h1-18,20-21,31H,19,22-23H2,(H,35,37). The lowest BCUT2D eigenvalue weighted by atomic mass is 10.0. The Hall–Kier alpha value is -4.81. The maximum atomic E-state index is 13.4. The van der Waals surface area contributed by atoms with Gasteiger partial charge in [-0.25, -0.2) is 0 Å². The number of amides is 1.